The van der Waals surface area contributed by atoms with E-state index in [0.29, 0.717) is 17.5 Å². The first-order valence-electron chi connectivity index (χ1n) is 11.1. The number of phenols is 1. The number of hydrogen-bond acceptors (Lipinski definition) is 4. The maximum atomic E-state index is 12.8. The minimum atomic E-state index is -0.000480. The SMILES string of the molecule is Cc1ccc(C(=O)N2CCC(N3CCC[C@@H](C(=O)N4CCCC4)C3)CC2)cc1O. The number of carbonyl (C=O) groups is 2. The third-order valence-corrected chi connectivity index (χ3v) is 6.94. The highest BCUT2D eigenvalue weighted by Gasteiger charge is 2.34. The molecule has 3 heterocycles. The number of hydrogen-bond donors (Lipinski definition) is 1. The van der Waals surface area contributed by atoms with Gasteiger partial charge in [-0.25, -0.2) is 0 Å². The lowest BCUT2D eigenvalue weighted by Gasteiger charge is -2.42. The predicted octanol–water partition coefficient (Wildman–Crippen LogP) is 2.64. The molecule has 158 valence electrons. The number of benzene rings is 1. The van der Waals surface area contributed by atoms with Crippen molar-refractivity contribution < 1.29 is 14.7 Å². The van der Waals surface area contributed by atoms with Gasteiger partial charge in [0.15, 0.2) is 0 Å². The molecule has 1 aromatic carbocycles. The lowest BCUT2D eigenvalue weighted by Crippen LogP contribution is -2.51. The van der Waals surface area contributed by atoms with Crippen LogP contribution in [-0.2, 0) is 4.79 Å². The van der Waals surface area contributed by atoms with Crippen molar-refractivity contribution in [3.8, 4) is 5.75 Å². The minimum absolute atomic E-state index is 0.000480. The van der Waals surface area contributed by atoms with Gasteiger partial charge in [0, 0.05) is 44.3 Å². The van der Waals surface area contributed by atoms with Gasteiger partial charge in [0.2, 0.25) is 5.91 Å². The second-order valence-corrected chi connectivity index (χ2v) is 8.89. The molecule has 3 fully saturated rings. The largest absolute Gasteiger partial charge is 0.508 e. The highest BCUT2D eigenvalue weighted by Crippen LogP contribution is 2.27. The maximum Gasteiger partial charge on any atom is 0.253 e. The van der Waals surface area contributed by atoms with Gasteiger partial charge in [0.25, 0.3) is 5.91 Å². The number of nitrogens with zero attached hydrogens (tertiary/aromatic N) is 3. The van der Waals surface area contributed by atoms with Gasteiger partial charge in [-0.1, -0.05) is 6.07 Å². The highest BCUT2D eigenvalue weighted by molar-refractivity contribution is 5.94. The molecule has 1 aromatic rings. The van der Waals surface area contributed by atoms with Gasteiger partial charge in [0.1, 0.15) is 5.75 Å². The van der Waals surface area contributed by atoms with Gasteiger partial charge in [0.05, 0.1) is 5.92 Å². The first-order valence-corrected chi connectivity index (χ1v) is 11.1. The van der Waals surface area contributed by atoms with Gasteiger partial charge >= 0.3 is 0 Å². The van der Waals surface area contributed by atoms with Crippen LogP contribution >= 0.6 is 0 Å². The number of likely N-dealkylation sites (tertiary alicyclic amines) is 3. The molecule has 6 nitrogen and oxygen atoms in total. The molecule has 0 unspecified atom stereocenters. The summed E-state index contributed by atoms with van der Waals surface area (Å²) in [5.74, 6) is 0.684. The minimum Gasteiger partial charge on any atom is -0.508 e. The topological polar surface area (TPSA) is 64.1 Å². The van der Waals surface area contributed by atoms with E-state index in [9.17, 15) is 14.7 Å². The van der Waals surface area contributed by atoms with Crippen molar-refractivity contribution >= 4 is 11.8 Å². The van der Waals surface area contributed by atoms with E-state index in [2.05, 4.69) is 9.80 Å². The molecular formula is C23H33N3O3. The summed E-state index contributed by atoms with van der Waals surface area (Å²) >= 11 is 0. The zero-order valence-electron chi connectivity index (χ0n) is 17.5. The Kier molecular flexibility index (Phi) is 6.09. The Morgan fingerprint density at radius 1 is 0.931 bits per heavy atom. The van der Waals surface area contributed by atoms with E-state index in [1.165, 1.54) is 0 Å². The summed E-state index contributed by atoms with van der Waals surface area (Å²) < 4.78 is 0. The van der Waals surface area contributed by atoms with Gasteiger partial charge in [-0.05, 0) is 69.7 Å². The number of aryl methyl sites for hydroxylation is 1. The van der Waals surface area contributed by atoms with Crippen molar-refractivity contribution in [2.45, 2.75) is 51.5 Å². The summed E-state index contributed by atoms with van der Waals surface area (Å²) in [6.45, 7) is 7.11. The average Bonchev–Trinajstić information content (AvgIpc) is 3.30. The summed E-state index contributed by atoms with van der Waals surface area (Å²) in [5.41, 5.74) is 1.34. The zero-order valence-corrected chi connectivity index (χ0v) is 17.5. The van der Waals surface area contributed by atoms with E-state index >= 15 is 0 Å². The Hall–Kier alpha value is -2.08. The summed E-state index contributed by atoms with van der Waals surface area (Å²) in [4.78, 5) is 32.1. The van der Waals surface area contributed by atoms with Crippen molar-refractivity contribution in [3.05, 3.63) is 29.3 Å². The lowest BCUT2D eigenvalue weighted by molar-refractivity contribution is -0.136. The summed E-state index contributed by atoms with van der Waals surface area (Å²) in [6, 6.07) is 5.62. The molecule has 0 aliphatic carbocycles. The Morgan fingerprint density at radius 2 is 1.66 bits per heavy atom. The van der Waals surface area contributed by atoms with Gasteiger partial charge < -0.3 is 14.9 Å². The molecule has 29 heavy (non-hydrogen) atoms. The molecular weight excluding hydrogens is 366 g/mol. The Balaban J connectivity index is 1.31. The smallest absolute Gasteiger partial charge is 0.253 e. The normalized spacial score (nSPS) is 24.1. The molecule has 3 aliphatic heterocycles. The number of phenolic OH excluding ortho intramolecular Hbond substituents is 1. The first kappa shape index (κ1) is 20.2. The summed E-state index contributed by atoms with van der Waals surface area (Å²) in [7, 11) is 0. The van der Waals surface area contributed by atoms with Crippen LogP contribution in [0.15, 0.2) is 18.2 Å². The predicted molar refractivity (Wildman–Crippen MR) is 112 cm³/mol. The van der Waals surface area contributed by atoms with Crippen molar-refractivity contribution in [1.29, 1.82) is 0 Å². The van der Waals surface area contributed by atoms with E-state index in [4.69, 9.17) is 0 Å². The molecule has 1 N–H and O–H groups in total. The van der Waals surface area contributed by atoms with Crippen molar-refractivity contribution in [1.82, 2.24) is 14.7 Å². The summed E-state index contributed by atoms with van der Waals surface area (Å²) in [5, 5.41) is 9.90. The van der Waals surface area contributed by atoms with Gasteiger partial charge in [-0.3, -0.25) is 14.5 Å². The van der Waals surface area contributed by atoms with Crippen LogP contribution in [0.25, 0.3) is 0 Å². The molecule has 6 heteroatoms. The molecule has 3 saturated heterocycles. The van der Waals surface area contributed by atoms with Crippen LogP contribution in [0.1, 0.15) is 54.4 Å². The number of piperidine rings is 2. The molecule has 0 bridgehead atoms. The molecule has 0 spiro atoms. The monoisotopic (exact) mass is 399 g/mol. The third-order valence-electron chi connectivity index (χ3n) is 6.94. The van der Waals surface area contributed by atoms with Crippen LogP contribution in [0.5, 0.6) is 5.75 Å². The van der Waals surface area contributed by atoms with E-state index in [-0.39, 0.29) is 17.6 Å². The van der Waals surface area contributed by atoms with Crippen molar-refractivity contribution in [3.63, 3.8) is 0 Å². The first-order chi connectivity index (χ1) is 14.0. The van der Waals surface area contributed by atoms with Gasteiger partial charge in [-0.15, -0.1) is 0 Å². The molecule has 4 rings (SSSR count). The Labute approximate surface area is 173 Å². The molecule has 0 aromatic heterocycles. The van der Waals surface area contributed by atoms with Gasteiger partial charge in [-0.2, -0.15) is 0 Å². The third kappa shape index (κ3) is 4.42. The number of amides is 2. The Morgan fingerprint density at radius 3 is 2.34 bits per heavy atom. The lowest BCUT2D eigenvalue weighted by atomic mass is 9.92. The van der Waals surface area contributed by atoms with E-state index < -0.39 is 0 Å². The quantitative estimate of drug-likeness (QED) is 0.849. The van der Waals surface area contributed by atoms with Crippen LogP contribution in [0.4, 0.5) is 0 Å². The number of carbonyl (C=O) groups excluding carboxylic acids is 2. The van der Waals surface area contributed by atoms with Crippen molar-refractivity contribution in [2.75, 3.05) is 39.3 Å². The number of aromatic hydroxyl groups is 1. The second-order valence-electron chi connectivity index (χ2n) is 8.89. The molecule has 1 atom stereocenters. The average molecular weight is 400 g/mol. The maximum absolute atomic E-state index is 12.8. The molecule has 0 saturated carbocycles. The van der Waals surface area contributed by atoms with E-state index in [1.807, 2.05) is 11.8 Å². The van der Waals surface area contributed by atoms with Crippen LogP contribution in [0.2, 0.25) is 0 Å². The molecule has 2 amide bonds. The number of rotatable bonds is 3. The van der Waals surface area contributed by atoms with Crippen molar-refractivity contribution in [2.24, 2.45) is 5.92 Å². The van der Waals surface area contributed by atoms with E-state index in [0.717, 1.165) is 83.4 Å². The van der Waals surface area contributed by atoms with Crippen LogP contribution in [-0.4, -0.2) is 76.9 Å². The highest BCUT2D eigenvalue weighted by atomic mass is 16.3. The van der Waals surface area contributed by atoms with Crippen LogP contribution in [0, 0.1) is 12.8 Å². The standard InChI is InChI=1S/C23H33N3O3/c1-17-6-7-18(15-21(17)27)22(28)25-13-8-20(9-14-25)26-12-4-5-19(16-26)23(29)24-10-2-3-11-24/h6-7,15,19-20,27H,2-5,8-14,16H2,1H3/t19-/m1/s1. The van der Waals surface area contributed by atoms with Crippen LogP contribution < -0.4 is 0 Å². The molecule has 3 aliphatic rings. The fraction of sp³-hybridized carbons (Fsp3) is 0.652. The molecule has 0 radical (unpaired) electrons. The summed E-state index contributed by atoms with van der Waals surface area (Å²) in [6.07, 6.45) is 6.30. The zero-order chi connectivity index (χ0) is 20.4. The van der Waals surface area contributed by atoms with E-state index in [1.54, 1.807) is 18.2 Å². The van der Waals surface area contributed by atoms with Crippen LogP contribution in [0.3, 0.4) is 0 Å². The Bertz CT molecular complexity index is 752. The second kappa shape index (κ2) is 8.74. The fourth-order valence-corrected chi connectivity index (χ4v) is 5.09. The fourth-order valence-electron chi connectivity index (χ4n) is 5.09.